The van der Waals surface area contributed by atoms with Crippen LogP contribution >= 0.6 is 0 Å². The Labute approximate surface area is 187 Å². The van der Waals surface area contributed by atoms with Crippen molar-refractivity contribution in [1.82, 2.24) is 16.0 Å². The molecule has 0 aliphatic rings. The van der Waals surface area contributed by atoms with Gasteiger partial charge in [0.15, 0.2) is 0 Å². The number of carbonyl (C=O) groups excluding carboxylic acids is 3. The summed E-state index contributed by atoms with van der Waals surface area (Å²) in [6, 6.07) is -6.21. The van der Waals surface area contributed by atoms with Crippen LogP contribution in [0.3, 0.4) is 0 Å². The third-order valence-corrected chi connectivity index (χ3v) is 4.25. The molecule has 0 aromatic rings. The average Bonchev–Trinajstić information content (AvgIpc) is 2.66. The van der Waals surface area contributed by atoms with Gasteiger partial charge in [-0.15, -0.1) is 0 Å². The van der Waals surface area contributed by atoms with Crippen LogP contribution in [-0.4, -0.2) is 86.2 Å². The first-order chi connectivity index (χ1) is 15.1. The van der Waals surface area contributed by atoms with Crippen LogP contribution in [0.15, 0.2) is 0 Å². The summed E-state index contributed by atoms with van der Waals surface area (Å²) in [7, 11) is 0. The molecule has 0 radical (unpaired) electrons. The normalized spacial score (nSPS) is 14.3. The smallest absolute Gasteiger partial charge is 0.326 e. The van der Waals surface area contributed by atoms with E-state index >= 15 is 0 Å². The van der Waals surface area contributed by atoms with Crippen molar-refractivity contribution in [2.45, 2.75) is 63.7 Å². The molecule has 4 atom stereocenters. The topological polar surface area (TPSA) is 263 Å². The van der Waals surface area contributed by atoms with Crippen LogP contribution in [0, 0.1) is 5.92 Å². The molecule has 0 saturated carbocycles. The lowest BCUT2D eigenvalue weighted by molar-refractivity contribution is -0.144. The molecular formula is C18H28N4O11. The summed E-state index contributed by atoms with van der Waals surface area (Å²) in [5.41, 5.74) is 5.39. The quantitative estimate of drug-likeness (QED) is 0.120. The first-order valence-corrected chi connectivity index (χ1v) is 9.70. The third kappa shape index (κ3) is 11.4. The number of aliphatic carboxylic acids is 4. The van der Waals surface area contributed by atoms with Crippen LogP contribution in [0.2, 0.25) is 0 Å². The van der Waals surface area contributed by atoms with E-state index in [2.05, 4.69) is 10.6 Å². The molecule has 0 heterocycles. The Morgan fingerprint density at radius 2 is 1.21 bits per heavy atom. The van der Waals surface area contributed by atoms with Gasteiger partial charge < -0.3 is 42.1 Å². The molecule has 33 heavy (non-hydrogen) atoms. The number of hydrogen-bond acceptors (Lipinski definition) is 8. The number of rotatable bonds is 15. The van der Waals surface area contributed by atoms with E-state index < -0.39 is 97.4 Å². The first-order valence-electron chi connectivity index (χ1n) is 9.70. The second kappa shape index (κ2) is 13.6. The summed E-state index contributed by atoms with van der Waals surface area (Å²) in [4.78, 5) is 80.9. The molecule has 0 aromatic heterocycles. The second-order valence-corrected chi connectivity index (χ2v) is 7.43. The highest BCUT2D eigenvalue weighted by Gasteiger charge is 2.33. The van der Waals surface area contributed by atoms with Gasteiger partial charge in [-0.1, -0.05) is 13.8 Å². The number of hydrogen-bond donors (Lipinski definition) is 8. The highest BCUT2D eigenvalue weighted by Crippen LogP contribution is 2.07. The number of nitrogens with two attached hydrogens (primary N) is 1. The zero-order valence-corrected chi connectivity index (χ0v) is 17.9. The van der Waals surface area contributed by atoms with Crippen LogP contribution < -0.4 is 21.7 Å². The minimum atomic E-state index is -1.72. The van der Waals surface area contributed by atoms with Crippen LogP contribution in [-0.2, 0) is 33.6 Å². The number of amides is 3. The lowest BCUT2D eigenvalue weighted by Gasteiger charge is -2.26. The molecule has 3 amide bonds. The van der Waals surface area contributed by atoms with Crippen molar-refractivity contribution in [3.8, 4) is 0 Å². The highest BCUT2D eigenvalue weighted by molar-refractivity contribution is 5.96. The van der Waals surface area contributed by atoms with E-state index in [0.29, 0.717) is 0 Å². The van der Waals surface area contributed by atoms with Gasteiger partial charge >= 0.3 is 23.9 Å². The predicted molar refractivity (Wildman–Crippen MR) is 108 cm³/mol. The molecule has 0 aromatic carbocycles. The predicted octanol–water partition coefficient (Wildman–Crippen LogP) is -2.68. The molecule has 186 valence electrons. The minimum absolute atomic E-state index is 0.422. The Hall–Kier alpha value is -3.75. The molecule has 0 unspecified atom stereocenters. The summed E-state index contributed by atoms with van der Waals surface area (Å²) in [6.45, 7) is 2.98. The zero-order valence-electron chi connectivity index (χ0n) is 17.9. The van der Waals surface area contributed by atoms with Crippen LogP contribution in [0.4, 0.5) is 0 Å². The standard InChI is InChI=1S/C18H28N4O11/c1-7(2)14(17(31)20-9(18(32)33)3-4-11(23)24)22-16(30)10(6-13(27)28)21-15(29)8(19)5-12(25)26/h7-10,14H,3-6,19H2,1-2H3,(H,20,31)(H,21,29)(H,22,30)(H,23,24)(H,25,26)(H,27,28)(H,32,33)/t8-,9-,10-,14-/m0/s1. The number of carboxylic acids is 4. The van der Waals surface area contributed by atoms with Gasteiger partial charge in [0.1, 0.15) is 18.1 Å². The summed E-state index contributed by atoms with van der Waals surface area (Å²) in [5, 5.41) is 41.9. The van der Waals surface area contributed by atoms with Gasteiger partial charge in [-0.2, -0.15) is 0 Å². The van der Waals surface area contributed by atoms with Crippen molar-refractivity contribution in [1.29, 1.82) is 0 Å². The van der Waals surface area contributed by atoms with Crippen molar-refractivity contribution < 1.29 is 54.0 Å². The van der Waals surface area contributed by atoms with Crippen LogP contribution in [0.5, 0.6) is 0 Å². The van der Waals surface area contributed by atoms with Crippen molar-refractivity contribution in [2.75, 3.05) is 0 Å². The highest BCUT2D eigenvalue weighted by atomic mass is 16.4. The Morgan fingerprint density at radius 1 is 0.697 bits per heavy atom. The average molecular weight is 476 g/mol. The molecule has 0 saturated heterocycles. The minimum Gasteiger partial charge on any atom is -0.481 e. The third-order valence-electron chi connectivity index (χ3n) is 4.25. The number of nitrogens with one attached hydrogen (secondary N) is 3. The van der Waals surface area contributed by atoms with Crippen molar-refractivity contribution in [2.24, 2.45) is 11.7 Å². The Balaban J connectivity index is 5.45. The van der Waals surface area contributed by atoms with Crippen molar-refractivity contribution >= 4 is 41.6 Å². The fourth-order valence-corrected chi connectivity index (χ4v) is 2.52. The Morgan fingerprint density at radius 3 is 1.64 bits per heavy atom. The number of carboxylic acid groups (broad SMARTS) is 4. The van der Waals surface area contributed by atoms with E-state index in [0.717, 1.165) is 0 Å². The molecule has 0 spiro atoms. The summed E-state index contributed by atoms with van der Waals surface area (Å²) < 4.78 is 0. The first kappa shape index (κ1) is 29.2. The van der Waals surface area contributed by atoms with Crippen molar-refractivity contribution in [3.05, 3.63) is 0 Å². The van der Waals surface area contributed by atoms with Crippen LogP contribution in [0.1, 0.15) is 39.5 Å². The molecule has 0 bridgehead atoms. The monoisotopic (exact) mass is 476 g/mol. The molecule has 0 aliphatic heterocycles. The zero-order chi connectivity index (χ0) is 25.9. The van der Waals surface area contributed by atoms with Crippen molar-refractivity contribution in [3.63, 3.8) is 0 Å². The summed E-state index contributed by atoms with van der Waals surface area (Å²) in [5.74, 6) is -9.49. The summed E-state index contributed by atoms with van der Waals surface area (Å²) in [6.07, 6.45) is -2.66. The van der Waals surface area contributed by atoms with Crippen LogP contribution in [0.25, 0.3) is 0 Å². The molecule has 0 fully saturated rings. The molecule has 9 N–H and O–H groups in total. The van der Waals surface area contributed by atoms with E-state index in [1.807, 2.05) is 5.32 Å². The fourth-order valence-electron chi connectivity index (χ4n) is 2.52. The number of carbonyl (C=O) groups is 7. The SMILES string of the molecule is CC(C)[C@H](NC(=O)[C@H](CC(=O)O)NC(=O)[C@@H](N)CC(=O)O)C(=O)N[C@@H](CCC(=O)O)C(=O)O. The maximum absolute atomic E-state index is 12.6. The van der Waals surface area contributed by atoms with Gasteiger partial charge in [0.25, 0.3) is 0 Å². The lowest BCUT2D eigenvalue weighted by Crippen LogP contribution is -2.58. The summed E-state index contributed by atoms with van der Waals surface area (Å²) >= 11 is 0. The molecule has 15 heteroatoms. The second-order valence-electron chi connectivity index (χ2n) is 7.43. The van der Waals surface area contributed by atoms with Gasteiger partial charge in [0.05, 0.1) is 18.9 Å². The van der Waals surface area contributed by atoms with Gasteiger partial charge in [-0.05, 0) is 12.3 Å². The van der Waals surface area contributed by atoms with Gasteiger partial charge in [0, 0.05) is 6.42 Å². The Bertz CT molecular complexity index is 783. The molecular weight excluding hydrogens is 448 g/mol. The van der Waals surface area contributed by atoms with Gasteiger partial charge in [-0.3, -0.25) is 28.8 Å². The maximum Gasteiger partial charge on any atom is 0.326 e. The van der Waals surface area contributed by atoms with E-state index in [1.165, 1.54) is 13.8 Å². The lowest BCUT2D eigenvalue weighted by atomic mass is 10.0. The van der Waals surface area contributed by atoms with Gasteiger partial charge in [0.2, 0.25) is 17.7 Å². The largest absolute Gasteiger partial charge is 0.481 e. The molecule has 0 aliphatic carbocycles. The van der Waals surface area contributed by atoms with E-state index in [4.69, 9.17) is 21.1 Å². The maximum atomic E-state index is 12.6. The molecule has 15 nitrogen and oxygen atoms in total. The Kier molecular flexibility index (Phi) is 12.1. The van der Waals surface area contributed by atoms with E-state index in [9.17, 15) is 38.7 Å². The van der Waals surface area contributed by atoms with Gasteiger partial charge in [-0.25, -0.2) is 4.79 Å². The molecule has 0 rings (SSSR count). The fraction of sp³-hybridized carbons (Fsp3) is 0.611. The van der Waals surface area contributed by atoms with E-state index in [-0.39, 0.29) is 0 Å². The van der Waals surface area contributed by atoms with E-state index in [1.54, 1.807) is 0 Å².